The van der Waals surface area contributed by atoms with Crippen LogP contribution in [-0.2, 0) is 10.0 Å². The fourth-order valence-corrected chi connectivity index (χ4v) is 2.61. The van der Waals surface area contributed by atoms with Gasteiger partial charge in [-0.25, -0.2) is 13.6 Å². The smallest absolute Gasteiger partial charge is 0.255 e. The van der Waals surface area contributed by atoms with E-state index in [0.717, 1.165) is 6.42 Å². The highest BCUT2D eigenvalue weighted by Crippen LogP contribution is 2.22. The Morgan fingerprint density at radius 2 is 2.00 bits per heavy atom. The maximum atomic E-state index is 12.5. The zero-order chi connectivity index (χ0) is 16.2. The Kier molecular flexibility index (Phi) is 6.19. The monoisotopic (exact) mass is 332 g/mol. The Hall–Kier alpha value is -1.11. The van der Waals surface area contributed by atoms with Crippen molar-refractivity contribution in [2.75, 3.05) is 13.1 Å². The van der Waals surface area contributed by atoms with E-state index >= 15 is 0 Å². The van der Waals surface area contributed by atoms with Gasteiger partial charge >= 0.3 is 0 Å². The van der Waals surface area contributed by atoms with Crippen molar-refractivity contribution in [3.63, 3.8) is 0 Å². The molecule has 7 heteroatoms. The third-order valence-corrected chi connectivity index (χ3v) is 4.64. The van der Waals surface area contributed by atoms with E-state index in [0.29, 0.717) is 19.0 Å². The molecule has 2 N–H and O–H groups in total. The molecule has 1 aromatic carbocycles. The fourth-order valence-electron chi connectivity index (χ4n) is 1.88. The minimum atomic E-state index is -3.87. The Balaban J connectivity index is 3.16. The molecule has 0 aromatic heterocycles. The molecule has 1 unspecified atom stereocenters. The van der Waals surface area contributed by atoms with Gasteiger partial charge in [-0.05, 0) is 31.0 Å². The molecule has 21 heavy (non-hydrogen) atoms. The number of carbonyl (C=O) groups excluding carboxylic acids is 1. The first-order chi connectivity index (χ1) is 9.70. The van der Waals surface area contributed by atoms with Gasteiger partial charge < -0.3 is 4.90 Å². The van der Waals surface area contributed by atoms with Crippen molar-refractivity contribution in [3.8, 4) is 0 Å². The minimum absolute atomic E-state index is 0.116. The Bertz CT molecular complexity index is 617. The molecule has 5 nitrogen and oxygen atoms in total. The summed E-state index contributed by atoms with van der Waals surface area (Å²) in [5, 5.41) is 5.31. The van der Waals surface area contributed by atoms with Gasteiger partial charge in [0.25, 0.3) is 5.91 Å². The standard InChI is InChI=1S/C14H21ClN2O3S/c1-4-10(3)9-17(5-2)14(18)12-8-11(21(16,19)20)6-7-13(12)15/h6-8,10H,4-5,9H2,1-3H3,(H2,16,19,20). The predicted octanol–water partition coefficient (Wildman–Crippen LogP) is 2.50. The van der Waals surface area contributed by atoms with Crippen LogP contribution < -0.4 is 5.14 Å². The number of hydrogen-bond acceptors (Lipinski definition) is 3. The van der Waals surface area contributed by atoms with Crippen LogP contribution in [-0.4, -0.2) is 32.3 Å². The number of halogens is 1. The number of nitrogens with two attached hydrogens (primary N) is 1. The van der Waals surface area contributed by atoms with E-state index in [9.17, 15) is 13.2 Å². The summed E-state index contributed by atoms with van der Waals surface area (Å²) in [7, 11) is -3.87. The molecule has 1 amide bonds. The van der Waals surface area contributed by atoms with E-state index in [-0.39, 0.29) is 21.4 Å². The number of amides is 1. The average Bonchev–Trinajstić information content (AvgIpc) is 2.42. The first-order valence-electron chi connectivity index (χ1n) is 6.82. The SMILES string of the molecule is CCC(C)CN(CC)C(=O)c1cc(S(N)(=O)=O)ccc1Cl. The maximum Gasteiger partial charge on any atom is 0.255 e. The Labute approximate surface area is 131 Å². The van der Waals surface area contributed by atoms with E-state index < -0.39 is 10.0 Å². The van der Waals surface area contributed by atoms with Crippen molar-refractivity contribution in [1.29, 1.82) is 0 Å². The number of hydrogen-bond donors (Lipinski definition) is 1. The average molecular weight is 333 g/mol. The van der Waals surface area contributed by atoms with Crippen LogP contribution in [0.25, 0.3) is 0 Å². The number of rotatable bonds is 6. The molecule has 0 radical (unpaired) electrons. The maximum absolute atomic E-state index is 12.5. The van der Waals surface area contributed by atoms with Crippen LogP contribution in [0, 0.1) is 5.92 Å². The summed E-state index contributed by atoms with van der Waals surface area (Å²) in [6.07, 6.45) is 0.953. The molecular weight excluding hydrogens is 312 g/mol. The minimum Gasteiger partial charge on any atom is -0.339 e. The lowest BCUT2D eigenvalue weighted by molar-refractivity contribution is 0.0741. The molecule has 1 atom stereocenters. The molecule has 0 spiro atoms. The van der Waals surface area contributed by atoms with E-state index in [1.54, 1.807) is 4.90 Å². The molecule has 0 saturated heterocycles. The van der Waals surface area contributed by atoms with Gasteiger partial charge in [0.2, 0.25) is 10.0 Å². The van der Waals surface area contributed by atoms with Crippen molar-refractivity contribution in [3.05, 3.63) is 28.8 Å². The highest BCUT2D eigenvalue weighted by atomic mass is 35.5. The fraction of sp³-hybridized carbons (Fsp3) is 0.500. The summed E-state index contributed by atoms with van der Waals surface area (Å²) in [5.41, 5.74) is 0.161. The lowest BCUT2D eigenvalue weighted by atomic mass is 10.1. The van der Waals surface area contributed by atoms with E-state index in [1.807, 2.05) is 6.92 Å². The molecule has 0 heterocycles. The third kappa shape index (κ3) is 4.69. The predicted molar refractivity (Wildman–Crippen MR) is 83.9 cm³/mol. The van der Waals surface area contributed by atoms with Crippen LogP contribution in [0.4, 0.5) is 0 Å². The summed E-state index contributed by atoms with van der Waals surface area (Å²) in [4.78, 5) is 14.1. The Morgan fingerprint density at radius 1 is 1.38 bits per heavy atom. The van der Waals surface area contributed by atoms with Crippen LogP contribution in [0.2, 0.25) is 5.02 Å². The summed E-state index contributed by atoms with van der Waals surface area (Å²) >= 11 is 6.03. The first-order valence-corrected chi connectivity index (χ1v) is 8.74. The lowest BCUT2D eigenvalue weighted by Gasteiger charge is -2.24. The number of carbonyl (C=O) groups is 1. The second-order valence-corrected chi connectivity index (χ2v) is 7.01. The van der Waals surface area contributed by atoms with Crippen molar-refractivity contribution in [2.45, 2.75) is 32.1 Å². The first kappa shape index (κ1) is 17.9. The van der Waals surface area contributed by atoms with Crippen molar-refractivity contribution in [2.24, 2.45) is 11.1 Å². The van der Waals surface area contributed by atoms with Gasteiger partial charge in [-0.3, -0.25) is 4.79 Å². The summed E-state index contributed by atoms with van der Waals surface area (Å²) in [6.45, 7) is 7.11. The van der Waals surface area contributed by atoms with Gasteiger partial charge in [-0.1, -0.05) is 31.9 Å². The quantitative estimate of drug-likeness (QED) is 0.869. The highest BCUT2D eigenvalue weighted by molar-refractivity contribution is 7.89. The second-order valence-electron chi connectivity index (χ2n) is 5.04. The van der Waals surface area contributed by atoms with Crippen LogP contribution in [0.15, 0.2) is 23.1 Å². The van der Waals surface area contributed by atoms with Crippen LogP contribution in [0.3, 0.4) is 0 Å². The number of nitrogens with zero attached hydrogens (tertiary/aromatic N) is 1. The number of sulfonamides is 1. The summed E-state index contributed by atoms with van der Waals surface area (Å²) < 4.78 is 22.8. The summed E-state index contributed by atoms with van der Waals surface area (Å²) in [6, 6.07) is 3.91. The van der Waals surface area contributed by atoms with Gasteiger partial charge in [-0.2, -0.15) is 0 Å². The highest BCUT2D eigenvalue weighted by Gasteiger charge is 2.21. The van der Waals surface area contributed by atoms with Gasteiger partial charge in [-0.15, -0.1) is 0 Å². The topological polar surface area (TPSA) is 80.5 Å². The normalized spacial score (nSPS) is 13.0. The number of benzene rings is 1. The lowest BCUT2D eigenvalue weighted by Crippen LogP contribution is -2.34. The molecule has 1 aromatic rings. The summed E-state index contributed by atoms with van der Waals surface area (Å²) in [5.74, 6) is 0.0717. The van der Waals surface area contributed by atoms with Crippen LogP contribution >= 0.6 is 11.6 Å². The molecule has 0 saturated carbocycles. The van der Waals surface area contributed by atoms with E-state index in [2.05, 4.69) is 13.8 Å². The second kappa shape index (κ2) is 7.24. The molecule has 0 bridgehead atoms. The van der Waals surface area contributed by atoms with Gasteiger partial charge in [0.1, 0.15) is 0 Å². The number of primary sulfonamides is 1. The van der Waals surface area contributed by atoms with Gasteiger partial charge in [0, 0.05) is 13.1 Å². The molecule has 0 aliphatic rings. The molecule has 1 rings (SSSR count). The van der Waals surface area contributed by atoms with Crippen molar-refractivity contribution in [1.82, 2.24) is 4.90 Å². The third-order valence-electron chi connectivity index (χ3n) is 3.39. The van der Waals surface area contributed by atoms with Crippen molar-refractivity contribution < 1.29 is 13.2 Å². The van der Waals surface area contributed by atoms with Crippen LogP contribution in [0.1, 0.15) is 37.6 Å². The molecular formula is C14H21ClN2O3S. The molecule has 0 fully saturated rings. The van der Waals surface area contributed by atoms with E-state index in [1.165, 1.54) is 18.2 Å². The van der Waals surface area contributed by atoms with Crippen LogP contribution in [0.5, 0.6) is 0 Å². The Morgan fingerprint density at radius 3 is 2.48 bits per heavy atom. The molecule has 0 aliphatic carbocycles. The van der Waals surface area contributed by atoms with E-state index in [4.69, 9.17) is 16.7 Å². The zero-order valence-electron chi connectivity index (χ0n) is 12.5. The largest absolute Gasteiger partial charge is 0.339 e. The van der Waals surface area contributed by atoms with Gasteiger partial charge in [0.15, 0.2) is 0 Å². The molecule has 118 valence electrons. The van der Waals surface area contributed by atoms with Gasteiger partial charge in [0.05, 0.1) is 15.5 Å². The zero-order valence-corrected chi connectivity index (χ0v) is 14.0. The molecule has 0 aliphatic heterocycles. The van der Waals surface area contributed by atoms with Crippen molar-refractivity contribution >= 4 is 27.5 Å².